The third-order valence-corrected chi connectivity index (χ3v) is 5.12. The highest BCUT2D eigenvalue weighted by atomic mass is 16.5. The molecule has 2 fully saturated rings. The summed E-state index contributed by atoms with van der Waals surface area (Å²) in [6, 6.07) is 5.98. The summed E-state index contributed by atoms with van der Waals surface area (Å²) in [7, 11) is 0. The molecule has 5 atom stereocenters. The van der Waals surface area contributed by atoms with Crippen LogP contribution in [0.1, 0.15) is 42.5 Å². The summed E-state index contributed by atoms with van der Waals surface area (Å²) in [6.07, 6.45) is 0.929. The molecule has 1 aromatic carbocycles. The molecule has 5 heteroatoms. The molecule has 3 rings (SSSR count). The molecular weight excluding hydrogens is 294 g/mol. The number of rotatable bonds is 4. The molecule has 0 aromatic heterocycles. The van der Waals surface area contributed by atoms with Crippen LogP contribution in [0.25, 0.3) is 0 Å². The van der Waals surface area contributed by atoms with Gasteiger partial charge in [0.25, 0.3) is 0 Å². The number of hydrogen-bond donors (Lipinski definition) is 2. The van der Waals surface area contributed by atoms with Gasteiger partial charge in [-0.3, -0.25) is 9.59 Å². The summed E-state index contributed by atoms with van der Waals surface area (Å²) in [4.78, 5) is 24.2. The number of carboxylic acids is 1. The summed E-state index contributed by atoms with van der Waals surface area (Å²) in [5, 5.41) is 12.4. The van der Waals surface area contributed by atoms with Gasteiger partial charge in [-0.25, -0.2) is 0 Å². The van der Waals surface area contributed by atoms with Gasteiger partial charge in [-0.1, -0.05) is 23.8 Å². The molecular formula is C18H23NO4. The van der Waals surface area contributed by atoms with Gasteiger partial charge in [-0.2, -0.15) is 0 Å². The Morgan fingerprint density at radius 1 is 1.22 bits per heavy atom. The minimum atomic E-state index is -0.934. The van der Waals surface area contributed by atoms with Gasteiger partial charge in [0, 0.05) is 0 Å². The molecule has 2 aliphatic rings. The molecule has 0 unspecified atom stereocenters. The topological polar surface area (TPSA) is 75.6 Å². The van der Waals surface area contributed by atoms with Crippen LogP contribution in [-0.2, 0) is 14.3 Å². The second kappa shape index (κ2) is 5.96. The summed E-state index contributed by atoms with van der Waals surface area (Å²) in [6.45, 7) is 5.96. The minimum Gasteiger partial charge on any atom is -0.481 e. The lowest BCUT2D eigenvalue weighted by Gasteiger charge is -2.26. The molecule has 23 heavy (non-hydrogen) atoms. The van der Waals surface area contributed by atoms with Crippen molar-refractivity contribution < 1.29 is 19.4 Å². The molecule has 2 N–H and O–H groups in total. The predicted octanol–water partition coefficient (Wildman–Crippen LogP) is 2.36. The van der Waals surface area contributed by atoms with Crippen molar-refractivity contribution in [1.29, 1.82) is 0 Å². The van der Waals surface area contributed by atoms with Gasteiger partial charge in [0.1, 0.15) is 0 Å². The number of amides is 1. The second-order valence-corrected chi connectivity index (χ2v) is 6.77. The average Bonchev–Trinajstić information content (AvgIpc) is 3.10. The van der Waals surface area contributed by atoms with E-state index in [4.69, 9.17) is 4.74 Å². The van der Waals surface area contributed by atoms with Gasteiger partial charge in [0.15, 0.2) is 0 Å². The fraction of sp³-hybridized carbons (Fsp3) is 0.556. The lowest BCUT2D eigenvalue weighted by Crippen LogP contribution is -2.44. The van der Waals surface area contributed by atoms with Crippen molar-refractivity contribution in [2.75, 3.05) is 0 Å². The number of nitrogens with one attached hydrogen (secondary N) is 1. The zero-order chi connectivity index (χ0) is 16.7. The van der Waals surface area contributed by atoms with Gasteiger partial charge < -0.3 is 15.2 Å². The number of carbonyl (C=O) groups excluding carboxylic acids is 1. The molecule has 1 amide bonds. The van der Waals surface area contributed by atoms with Crippen molar-refractivity contribution in [2.24, 2.45) is 11.8 Å². The van der Waals surface area contributed by atoms with Crippen molar-refractivity contribution in [3.8, 4) is 0 Å². The Bertz CT molecular complexity index is 642. The smallest absolute Gasteiger partial charge is 0.310 e. The first-order valence-electron chi connectivity index (χ1n) is 8.14. The standard InChI is InChI=1S/C18H23NO4/c1-9-4-5-10(2)12(8-9)11(3)19-17(20)15-13-6-7-14(23-13)16(15)18(21)22/h4-5,8,11,13-16H,6-7H2,1-3H3,(H,19,20)(H,21,22)/t11-,13+,14+,15+,16+/m1/s1. The summed E-state index contributed by atoms with van der Waals surface area (Å²) in [5.74, 6) is -2.45. The minimum absolute atomic E-state index is 0.157. The largest absolute Gasteiger partial charge is 0.481 e. The Balaban J connectivity index is 1.76. The zero-order valence-electron chi connectivity index (χ0n) is 13.7. The van der Waals surface area contributed by atoms with Crippen LogP contribution in [0.2, 0.25) is 0 Å². The van der Waals surface area contributed by atoms with E-state index in [2.05, 4.69) is 11.4 Å². The first-order valence-corrected chi connectivity index (χ1v) is 8.14. The van der Waals surface area contributed by atoms with Crippen LogP contribution < -0.4 is 5.32 Å². The van der Waals surface area contributed by atoms with Crippen molar-refractivity contribution in [3.63, 3.8) is 0 Å². The van der Waals surface area contributed by atoms with Crippen LogP contribution in [0.5, 0.6) is 0 Å². The number of carbonyl (C=O) groups is 2. The van der Waals surface area contributed by atoms with Gasteiger partial charge in [0.05, 0.1) is 30.1 Å². The maximum atomic E-state index is 12.7. The number of carboxylic acid groups (broad SMARTS) is 1. The lowest BCUT2D eigenvalue weighted by atomic mass is 9.78. The summed E-state index contributed by atoms with van der Waals surface area (Å²) in [5.41, 5.74) is 3.31. The van der Waals surface area contributed by atoms with Crippen molar-refractivity contribution in [2.45, 2.75) is 51.9 Å². The van der Waals surface area contributed by atoms with Crippen molar-refractivity contribution in [3.05, 3.63) is 34.9 Å². The Kier molecular flexibility index (Phi) is 4.15. The highest BCUT2D eigenvalue weighted by Crippen LogP contribution is 2.43. The fourth-order valence-electron chi connectivity index (χ4n) is 3.94. The van der Waals surface area contributed by atoms with Crippen LogP contribution in [0.4, 0.5) is 0 Å². The van der Waals surface area contributed by atoms with Gasteiger partial charge >= 0.3 is 5.97 Å². The van der Waals surface area contributed by atoms with E-state index in [1.165, 1.54) is 0 Å². The number of hydrogen-bond acceptors (Lipinski definition) is 3. The number of aryl methyl sites for hydroxylation is 2. The third kappa shape index (κ3) is 2.85. The Hall–Kier alpha value is -1.88. The quantitative estimate of drug-likeness (QED) is 0.894. The SMILES string of the molecule is Cc1ccc(C)c([C@@H](C)NC(=O)[C@@H]2[C@@H](C(=O)O)[C@@H]3CC[C@@H]2O3)c1. The van der Waals surface area contributed by atoms with Crippen LogP contribution >= 0.6 is 0 Å². The third-order valence-electron chi connectivity index (χ3n) is 5.12. The van der Waals surface area contributed by atoms with E-state index in [1.54, 1.807) is 0 Å². The molecule has 2 aliphatic heterocycles. The molecule has 124 valence electrons. The fourth-order valence-corrected chi connectivity index (χ4v) is 3.94. The molecule has 1 aromatic rings. The molecule has 2 heterocycles. The zero-order valence-corrected chi connectivity index (χ0v) is 13.7. The Morgan fingerprint density at radius 3 is 2.52 bits per heavy atom. The maximum Gasteiger partial charge on any atom is 0.310 e. The number of fused-ring (bicyclic) bond motifs is 2. The monoisotopic (exact) mass is 317 g/mol. The summed E-state index contributed by atoms with van der Waals surface area (Å²) >= 11 is 0. The molecule has 0 aliphatic carbocycles. The van der Waals surface area contributed by atoms with Crippen LogP contribution in [0.3, 0.4) is 0 Å². The van der Waals surface area contributed by atoms with Gasteiger partial charge in [0.2, 0.25) is 5.91 Å². The van der Waals surface area contributed by atoms with Crippen LogP contribution in [0.15, 0.2) is 18.2 Å². The van der Waals surface area contributed by atoms with Crippen LogP contribution in [0, 0.1) is 25.7 Å². The maximum absolute atomic E-state index is 12.7. The van der Waals surface area contributed by atoms with E-state index < -0.39 is 17.8 Å². The number of benzene rings is 1. The molecule has 2 bridgehead atoms. The van der Waals surface area contributed by atoms with E-state index in [1.807, 2.05) is 32.9 Å². The molecule has 5 nitrogen and oxygen atoms in total. The number of ether oxygens (including phenoxy) is 1. The van der Waals surface area contributed by atoms with Gasteiger partial charge in [-0.05, 0) is 44.7 Å². The van der Waals surface area contributed by atoms with Crippen molar-refractivity contribution in [1.82, 2.24) is 5.32 Å². The first kappa shape index (κ1) is 16.0. The van der Waals surface area contributed by atoms with E-state index in [-0.39, 0.29) is 24.2 Å². The normalized spacial score (nSPS) is 30.2. The van der Waals surface area contributed by atoms with Crippen LogP contribution in [-0.4, -0.2) is 29.2 Å². The average molecular weight is 317 g/mol. The Labute approximate surface area is 136 Å². The van der Waals surface area contributed by atoms with E-state index in [0.29, 0.717) is 0 Å². The number of aliphatic carboxylic acids is 1. The highest BCUT2D eigenvalue weighted by Gasteiger charge is 2.55. The molecule has 2 saturated heterocycles. The van der Waals surface area contributed by atoms with E-state index >= 15 is 0 Å². The molecule has 0 radical (unpaired) electrons. The van der Waals surface area contributed by atoms with E-state index in [9.17, 15) is 14.7 Å². The molecule has 0 spiro atoms. The lowest BCUT2D eigenvalue weighted by molar-refractivity contribution is -0.148. The predicted molar refractivity (Wildman–Crippen MR) is 85.0 cm³/mol. The summed E-state index contributed by atoms with van der Waals surface area (Å²) < 4.78 is 5.67. The second-order valence-electron chi connectivity index (χ2n) is 6.77. The van der Waals surface area contributed by atoms with Gasteiger partial charge in [-0.15, -0.1) is 0 Å². The van der Waals surface area contributed by atoms with Crippen molar-refractivity contribution >= 4 is 11.9 Å². The first-order chi connectivity index (χ1) is 10.9. The highest BCUT2D eigenvalue weighted by molar-refractivity contribution is 5.86. The van der Waals surface area contributed by atoms with E-state index in [0.717, 1.165) is 29.5 Å². The Morgan fingerprint density at radius 2 is 1.87 bits per heavy atom. The molecule has 0 saturated carbocycles.